The van der Waals surface area contributed by atoms with Gasteiger partial charge < -0.3 is 4.74 Å². The van der Waals surface area contributed by atoms with Crippen molar-refractivity contribution < 1.29 is 4.74 Å². The molecule has 2 unspecified atom stereocenters. The molecule has 0 aromatic carbocycles. The Morgan fingerprint density at radius 2 is 2.38 bits per heavy atom. The van der Waals surface area contributed by atoms with Crippen LogP contribution < -0.4 is 0 Å². The van der Waals surface area contributed by atoms with Gasteiger partial charge in [-0.3, -0.25) is 0 Å². The number of nitrogens with zero attached hydrogens (tertiary/aromatic N) is 2. The summed E-state index contributed by atoms with van der Waals surface area (Å²) in [5.74, 6) is 1.25. The average molecular weight is 241 g/mol. The van der Waals surface area contributed by atoms with E-state index in [-0.39, 0.29) is 5.38 Å². The molecule has 0 amide bonds. The number of alkyl halides is 1. The summed E-state index contributed by atoms with van der Waals surface area (Å²) in [6, 6.07) is 0. The summed E-state index contributed by atoms with van der Waals surface area (Å²) in [5, 5.41) is -0.0309. The number of hydrogen-bond donors (Lipinski definition) is 0. The van der Waals surface area contributed by atoms with E-state index in [1.807, 2.05) is 20.0 Å². The second-order valence-electron chi connectivity index (χ2n) is 4.30. The summed E-state index contributed by atoms with van der Waals surface area (Å²) in [7, 11) is 0. The maximum atomic E-state index is 6.04. The molecule has 0 spiro atoms. The summed E-state index contributed by atoms with van der Waals surface area (Å²) in [5.41, 5.74) is 2.00. The maximum absolute atomic E-state index is 6.04. The average Bonchev–Trinajstić information content (AvgIpc) is 2.29. The van der Waals surface area contributed by atoms with Crippen molar-refractivity contribution in [2.75, 3.05) is 13.2 Å². The summed E-state index contributed by atoms with van der Waals surface area (Å²) >= 11 is 6.04. The SMILES string of the molecule is Cc1nc(C2CCCOC2)ncc1C(C)Cl. The normalized spacial score (nSPS) is 23.1. The lowest BCUT2D eigenvalue weighted by atomic mass is 10.0. The standard InChI is InChI=1S/C12H17ClN2O/c1-8(13)11-6-14-12(15-9(11)2)10-4-3-5-16-7-10/h6,8,10H,3-5,7H2,1-2H3. The smallest absolute Gasteiger partial charge is 0.133 e. The minimum Gasteiger partial charge on any atom is -0.381 e. The van der Waals surface area contributed by atoms with Gasteiger partial charge in [0, 0.05) is 30.0 Å². The van der Waals surface area contributed by atoms with E-state index >= 15 is 0 Å². The van der Waals surface area contributed by atoms with Crippen molar-refractivity contribution in [1.82, 2.24) is 9.97 Å². The molecule has 0 N–H and O–H groups in total. The van der Waals surface area contributed by atoms with E-state index in [2.05, 4.69) is 9.97 Å². The molecule has 1 aromatic rings. The molecule has 4 heteroatoms. The van der Waals surface area contributed by atoms with Gasteiger partial charge in [0.2, 0.25) is 0 Å². The topological polar surface area (TPSA) is 35.0 Å². The molecule has 0 radical (unpaired) electrons. The van der Waals surface area contributed by atoms with Crippen LogP contribution in [0, 0.1) is 6.92 Å². The van der Waals surface area contributed by atoms with E-state index in [4.69, 9.17) is 16.3 Å². The van der Waals surface area contributed by atoms with Crippen molar-refractivity contribution in [3.05, 3.63) is 23.3 Å². The van der Waals surface area contributed by atoms with Gasteiger partial charge in [-0.25, -0.2) is 9.97 Å². The van der Waals surface area contributed by atoms with Crippen LogP contribution >= 0.6 is 11.6 Å². The molecule has 0 aliphatic carbocycles. The van der Waals surface area contributed by atoms with Crippen LogP contribution in [0.5, 0.6) is 0 Å². The zero-order valence-corrected chi connectivity index (χ0v) is 10.5. The molecule has 2 rings (SSSR count). The predicted molar refractivity (Wildman–Crippen MR) is 63.8 cm³/mol. The van der Waals surface area contributed by atoms with Gasteiger partial charge in [0.15, 0.2) is 0 Å². The second kappa shape index (κ2) is 5.11. The monoisotopic (exact) mass is 240 g/mol. The molecule has 2 atom stereocenters. The molecule has 0 bridgehead atoms. The molecule has 3 nitrogen and oxygen atoms in total. The number of hydrogen-bond acceptors (Lipinski definition) is 3. The third-order valence-electron chi connectivity index (χ3n) is 2.99. The zero-order valence-electron chi connectivity index (χ0n) is 9.74. The van der Waals surface area contributed by atoms with Crippen LogP contribution in [-0.4, -0.2) is 23.2 Å². The van der Waals surface area contributed by atoms with Crippen molar-refractivity contribution in [1.29, 1.82) is 0 Å². The molecule has 1 fully saturated rings. The van der Waals surface area contributed by atoms with Crippen LogP contribution in [0.25, 0.3) is 0 Å². The number of halogens is 1. The highest BCUT2D eigenvalue weighted by molar-refractivity contribution is 6.20. The Kier molecular flexibility index (Phi) is 3.77. The van der Waals surface area contributed by atoms with Crippen LogP contribution in [0.15, 0.2) is 6.20 Å². The predicted octanol–water partition coefficient (Wildman–Crippen LogP) is 2.98. The first-order valence-corrected chi connectivity index (χ1v) is 6.17. The first kappa shape index (κ1) is 11.8. The first-order chi connectivity index (χ1) is 7.68. The summed E-state index contributed by atoms with van der Waals surface area (Å²) in [4.78, 5) is 8.95. The summed E-state index contributed by atoms with van der Waals surface area (Å²) in [6.45, 7) is 5.54. The molecule has 1 saturated heterocycles. The molecule has 1 aromatic heterocycles. The van der Waals surface area contributed by atoms with Gasteiger partial charge in [-0.05, 0) is 26.7 Å². The molecule has 16 heavy (non-hydrogen) atoms. The fourth-order valence-electron chi connectivity index (χ4n) is 2.03. The lowest BCUT2D eigenvalue weighted by Crippen LogP contribution is -2.18. The number of aromatic nitrogens is 2. The minimum absolute atomic E-state index is 0.0309. The van der Waals surface area contributed by atoms with Crippen LogP contribution in [0.1, 0.15) is 48.1 Å². The van der Waals surface area contributed by atoms with E-state index in [1.165, 1.54) is 0 Å². The van der Waals surface area contributed by atoms with Gasteiger partial charge in [-0.15, -0.1) is 11.6 Å². The van der Waals surface area contributed by atoms with Crippen molar-refractivity contribution in [3.8, 4) is 0 Å². The van der Waals surface area contributed by atoms with E-state index in [0.29, 0.717) is 5.92 Å². The minimum atomic E-state index is -0.0309. The van der Waals surface area contributed by atoms with Crippen LogP contribution in [0.2, 0.25) is 0 Å². The van der Waals surface area contributed by atoms with Gasteiger partial charge in [0.05, 0.1) is 12.0 Å². The lowest BCUT2D eigenvalue weighted by Gasteiger charge is -2.21. The highest BCUT2D eigenvalue weighted by atomic mass is 35.5. The third kappa shape index (κ3) is 2.53. The first-order valence-electron chi connectivity index (χ1n) is 5.73. The van der Waals surface area contributed by atoms with E-state index in [1.54, 1.807) is 0 Å². The van der Waals surface area contributed by atoms with Crippen molar-refractivity contribution in [2.45, 2.75) is 38.0 Å². The Hall–Kier alpha value is -0.670. The Morgan fingerprint density at radius 1 is 1.56 bits per heavy atom. The lowest BCUT2D eigenvalue weighted by molar-refractivity contribution is 0.0780. The van der Waals surface area contributed by atoms with Crippen molar-refractivity contribution in [3.63, 3.8) is 0 Å². The van der Waals surface area contributed by atoms with Crippen LogP contribution in [0.3, 0.4) is 0 Å². The number of ether oxygens (including phenoxy) is 1. The van der Waals surface area contributed by atoms with Crippen molar-refractivity contribution in [2.24, 2.45) is 0 Å². The highest BCUT2D eigenvalue weighted by Crippen LogP contribution is 2.25. The highest BCUT2D eigenvalue weighted by Gasteiger charge is 2.19. The Balaban J connectivity index is 2.19. The molecule has 88 valence electrons. The van der Waals surface area contributed by atoms with E-state index in [9.17, 15) is 0 Å². The molecule has 2 heterocycles. The second-order valence-corrected chi connectivity index (χ2v) is 4.95. The van der Waals surface area contributed by atoms with Crippen molar-refractivity contribution >= 4 is 11.6 Å². The quantitative estimate of drug-likeness (QED) is 0.746. The van der Waals surface area contributed by atoms with Gasteiger partial charge in [0.25, 0.3) is 0 Å². The summed E-state index contributed by atoms with van der Waals surface area (Å²) < 4.78 is 5.45. The van der Waals surface area contributed by atoms with E-state index in [0.717, 1.165) is 43.1 Å². The number of rotatable bonds is 2. The molecule has 1 aliphatic rings. The number of aryl methyl sites for hydroxylation is 1. The third-order valence-corrected chi connectivity index (χ3v) is 3.23. The molecular weight excluding hydrogens is 224 g/mol. The zero-order chi connectivity index (χ0) is 11.5. The van der Waals surface area contributed by atoms with Crippen LogP contribution in [-0.2, 0) is 4.74 Å². The fourth-order valence-corrected chi connectivity index (χ4v) is 2.24. The Bertz CT molecular complexity index is 362. The van der Waals surface area contributed by atoms with Gasteiger partial charge in [-0.2, -0.15) is 0 Å². The maximum Gasteiger partial charge on any atom is 0.133 e. The van der Waals surface area contributed by atoms with Crippen LogP contribution in [0.4, 0.5) is 0 Å². The fraction of sp³-hybridized carbons (Fsp3) is 0.667. The Labute approximate surface area is 101 Å². The van der Waals surface area contributed by atoms with Gasteiger partial charge in [0.1, 0.15) is 5.82 Å². The largest absolute Gasteiger partial charge is 0.381 e. The molecule has 0 saturated carbocycles. The van der Waals surface area contributed by atoms with E-state index < -0.39 is 0 Å². The molecular formula is C12H17ClN2O. The molecule has 1 aliphatic heterocycles. The Morgan fingerprint density at radius 3 is 2.94 bits per heavy atom. The van der Waals surface area contributed by atoms with Gasteiger partial charge in [-0.1, -0.05) is 0 Å². The van der Waals surface area contributed by atoms with Gasteiger partial charge >= 0.3 is 0 Å². The summed E-state index contributed by atoms with van der Waals surface area (Å²) in [6.07, 6.45) is 4.07.